The minimum Gasteiger partial charge on any atom is -0.396 e. The average Bonchev–Trinajstić information content (AvgIpc) is 2.78. The van der Waals surface area contributed by atoms with Gasteiger partial charge in [0.1, 0.15) is 5.82 Å². The topological polar surface area (TPSA) is 75.4 Å². The van der Waals surface area contributed by atoms with Crippen LogP contribution < -0.4 is 11.1 Å². The van der Waals surface area contributed by atoms with Crippen LogP contribution in [-0.2, 0) is 6.42 Å². The maximum Gasteiger partial charge on any atom is 0.254 e. The second kappa shape index (κ2) is 5.18. The lowest BCUT2D eigenvalue weighted by Crippen LogP contribution is -2.34. The Labute approximate surface area is 121 Å². The van der Waals surface area contributed by atoms with Crippen molar-refractivity contribution in [3.8, 4) is 0 Å². The van der Waals surface area contributed by atoms with Crippen LogP contribution in [0.3, 0.4) is 0 Å². The molecule has 1 aliphatic carbocycles. The molecule has 2 aromatic carbocycles. The number of carbonyl (C=O) groups is 1. The average molecular weight is 286 g/mol. The van der Waals surface area contributed by atoms with Gasteiger partial charge in [-0.1, -0.05) is 30.3 Å². The molecule has 0 fully saturated rings. The van der Waals surface area contributed by atoms with E-state index in [0.29, 0.717) is 6.42 Å². The smallest absolute Gasteiger partial charge is 0.254 e. The van der Waals surface area contributed by atoms with E-state index in [1.807, 2.05) is 24.3 Å². The summed E-state index contributed by atoms with van der Waals surface area (Å²) in [5.74, 6) is -1.12. The summed E-state index contributed by atoms with van der Waals surface area (Å²) in [4.78, 5) is 12.3. The van der Waals surface area contributed by atoms with Crippen LogP contribution in [-0.4, -0.2) is 17.1 Å². The monoisotopic (exact) mass is 286 g/mol. The molecule has 0 saturated heterocycles. The molecule has 0 aliphatic heterocycles. The second-order valence-electron chi connectivity index (χ2n) is 5.12. The maximum atomic E-state index is 13.4. The van der Waals surface area contributed by atoms with E-state index in [2.05, 4.69) is 5.32 Å². The van der Waals surface area contributed by atoms with Gasteiger partial charge in [0.25, 0.3) is 5.91 Å². The van der Waals surface area contributed by atoms with Crippen LogP contribution in [0.25, 0.3) is 0 Å². The first-order valence-corrected chi connectivity index (χ1v) is 6.68. The van der Waals surface area contributed by atoms with E-state index in [4.69, 9.17) is 5.73 Å². The highest BCUT2D eigenvalue weighted by molar-refractivity contribution is 5.99. The van der Waals surface area contributed by atoms with Crippen LogP contribution in [0.1, 0.15) is 27.5 Å². The van der Waals surface area contributed by atoms with E-state index < -0.39 is 23.9 Å². The molecule has 0 aromatic heterocycles. The molecular weight excluding hydrogens is 271 g/mol. The lowest BCUT2D eigenvalue weighted by atomic mass is 10.1. The van der Waals surface area contributed by atoms with Crippen molar-refractivity contribution >= 4 is 11.6 Å². The molecule has 0 heterocycles. The molecule has 108 valence electrons. The van der Waals surface area contributed by atoms with Crippen LogP contribution >= 0.6 is 0 Å². The van der Waals surface area contributed by atoms with E-state index in [1.54, 1.807) is 0 Å². The minimum absolute atomic E-state index is 0.0755. The Bertz CT molecular complexity index is 702. The molecule has 0 saturated carbocycles. The van der Waals surface area contributed by atoms with Crippen molar-refractivity contribution in [2.75, 3.05) is 5.73 Å². The Morgan fingerprint density at radius 3 is 2.81 bits per heavy atom. The summed E-state index contributed by atoms with van der Waals surface area (Å²) >= 11 is 0. The number of nitrogens with two attached hydrogens (primary N) is 1. The van der Waals surface area contributed by atoms with E-state index in [1.165, 1.54) is 18.2 Å². The Kier molecular flexibility index (Phi) is 3.35. The van der Waals surface area contributed by atoms with E-state index in [-0.39, 0.29) is 11.3 Å². The molecule has 5 heteroatoms. The number of carbonyl (C=O) groups excluding carboxylic acids is 1. The van der Waals surface area contributed by atoms with Gasteiger partial charge >= 0.3 is 0 Å². The number of hydrogen-bond donors (Lipinski definition) is 3. The van der Waals surface area contributed by atoms with Crippen molar-refractivity contribution in [2.24, 2.45) is 0 Å². The molecule has 2 atom stereocenters. The minimum atomic E-state index is -0.693. The Morgan fingerprint density at radius 1 is 1.24 bits per heavy atom. The number of halogens is 1. The molecule has 21 heavy (non-hydrogen) atoms. The zero-order valence-electron chi connectivity index (χ0n) is 11.2. The number of nitrogens with one attached hydrogen (secondary N) is 1. The number of para-hydroxylation sites is 1. The fraction of sp³-hybridized carbons (Fsp3) is 0.188. The van der Waals surface area contributed by atoms with E-state index >= 15 is 0 Å². The van der Waals surface area contributed by atoms with E-state index in [0.717, 1.165) is 11.1 Å². The second-order valence-corrected chi connectivity index (χ2v) is 5.12. The van der Waals surface area contributed by atoms with Gasteiger partial charge in [0.2, 0.25) is 0 Å². The first-order valence-electron chi connectivity index (χ1n) is 6.68. The van der Waals surface area contributed by atoms with Gasteiger partial charge in [-0.15, -0.1) is 0 Å². The number of benzene rings is 2. The molecule has 1 aliphatic rings. The fourth-order valence-corrected chi connectivity index (χ4v) is 2.70. The number of aliphatic hydroxyl groups excluding tert-OH is 1. The number of nitrogen functional groups attached to an aromatic ring is 1. The van der Waals surface area contributed by atoms with Crippen LogP contribution in [0.4, 0.5) is 10.1 Å². The van der Waals surface area contributed by atoms with Crippen molar-refractivity contribution in [1.29, 1.82) is 0 Å². The third-order valence-electron chi connectivity index (χ3n) is 3.79. The van der Waals surface area contributed by atoms with Gasteiger partial charge in [-0.2, -0.15) is 0 Å². The first kappa shape index (κ1) is 13.6. The highest BCUT2D eigenvalue weighted by Gasteiger charge is 2.32. The molecule has 2 aromatic rings. The van der Waals surface area contributed by atoms with Crippen molar-refractivity contribution in [2.45, 2.75) is 18.6 Å². The SMILES string of the molecule is Nc1c(F)cccc1C(=O)N[C@@H]1c2ccccc2C[C@@H]1O. The number of fused-ring (bicyclic) bond motifs is 1. The van der Waals surface area contributed by atoms with Crippen molar-refractivity contribution in [1.82, 2.24) is 5.32 Å². The van der Waals surface area contributed by atoms with Gasteiger partial charge in [0.05, 0.1) is 23.4 Å². The zero-order valence-corrected chi connectivity index (χ0v) is 11.2. The first-order chi connectivity index (χ1) is 10.1. The largest absolute Gasteiger partial charge is 0.396 e. The van der Waals surface area contributed by atoms with Gasteiger partial charge in [-0.3, -0.25) is 4.79 Å². The fourth-order valence-electron chi connectivity index (χ4n) is 2.70. The molecule has 4 N–H and O–H groups in total. The quantitative estimate of drug-likeness (QED) is 0.737. The summed E-state index contributed by atoms with van der Waals surface area (Å²) in [6.07, 6.45) is -0.208. The van der Waals surface area contributed by atoms with Gasteiger partial charge in [-0.05, 0) is 23.3 Å². The lowest BCUT2D eigenvalue weighted by molar-refractivity contribution is 0.0858. The predicted molar refractivity (Wildman–Crippen MR) is 77.2 cm³/mol. The summed E-state index contributed by atoms with van der Waals surface area (Å²) in [5, 5.41) is 12.8. The lowest BCUT2D eigenvalue weighted by Gasteiger charge is -2.18. The van der Waals surface area contributed by atoms with Crippen LogP contribution in [0.5, 0.6) is 0 Å². The van der Waals surface area contributed by atoms with Crippen molar-refractivity contribution < 1.29 is 14.3 Å². The van der Waals surface area contributed by atoms with Crippen LogP contribution in [0.15, 0.2) is 42.5 Å². The molecule has 0 spiro atoms. The molecule has 0 unspecified atom stereocenters. The molecule has 1 amide bonds. The zero-order chi connectivity index (χ0) is 15.0. The summed E-state index contributed by atoms with van der Waals surface area (Å²) in [6.45, 7) is 0. The molecular formula is C16H15FN2O2. The highest BCUT2D eigenvalue weighted by Crippen LogP contribution is 2.31. The van der Waals surface area contributed by atoms with Gasteiger partial charge in [0, 0.05) is 6.42 Å². The molecule has 4 nitrogen and oxygen atoms in total. The predicted octanol–water partition coefficient (Wildman–Crippen LogP) is 1.80. The summed E-state index contributed by atoms with van der Waals surface area (Å²) in [6, 6.07) is 11.1. The van der Waals surface area contributed by atoms with Gasteiger partial charge in [-0.25, -0.2) is 4.39 Å². The standard InChI is InChI=1S/C16H15FN2O2/c17-12-7-3-6-11(14(12)18)16(21)19-15-10-5-2-1-4-9(10)8-13(15)20/h1-7,13,15,20H,8,18H2,(H,19,21)/t13-,15+/m0/s1. The summed E-state index contributed by atoms with van der Waals surface area (Å²) in [7, 11) is 0. The third-order valence-corrected chi connectivity index (χ3v) is 3.79. The number of hydrogen-bond acceptors (Lipinski definition) is 3. The van der Waals surface area contributed by atoms with Gasteiger partial charge in [0.15, 0.2) is 0 Å². The maximum absolute atomic E-state index is 13.4. The van der Waals surface area contributed by atoms with Crippen molar-refractivity contribution in [3.63, 3.8) is 0 Å². The van der Waals surface area contributed by atoms with Gasteiger partial charge < -0.3 is 16.2 Å². The molecule has 3 rings (SSSR count). The number of anilines is 1. The normalized spacial score (nSPS) is 20.1. The number of aliphatic hydroxyl groups is 1. The van der Waals surface area contributed by atoms with Crippen LogP contribution in [0.2, 0.25) is 0 Å². The Hall–Kier alpha value is -2.40. The third kappa shape index (κ3) is 2.36. The number of rotatable bonds is 2. The molecule has 0 bridgehead atoms. The summed E-state index contributed by atoms with van der Waals surface area (Å²) in [5.41, 5.74) is 7.36. The van der Waals surface area contributed by atoms with Crippen LogP contribution in [0, 0.1) is 5.82 Å². The van der Waals surface area contributed by atoms with Crippen molar-refractivity contribution in [3.05, 3.63) is 65.0 Å². The Balaban J connectivity index is 1.87. The number of amides is 1. The Morgan fingerprint density at radius 2 is 2.00 bits per heavy atom. The highest BCUT2D eigenvalue weighted by atomic mass is 19.1. The van der Waals surface area contributed by atoms with E-state index in [9.17, 15) is 14.3 Å². The summed E-state index contributed by atoms with van der Waals surface area (Å²) < 4.78 is 13.4. The molecule has 0 radical (unpaired) electrons.